The maximum absolute atomic E-state index is 13.2. The topological polar surface area (TPSA) is 144 Å². The largest absolute Gasteiger partial charge is 0.495 e. The molecule has 0 saturated carbocycles. The van der Waals surface area contributed by atoms with Crippen molar-refractivity contribution in [3.63, 3.8) is 0 Å². The Labute approximate surface area is 277 Å². The predicted octanol–water partition coefficient (Wildman–Crippen LogP) is 3.79. The third kappa shape index (κ3) is 10.2. The van der Waals surface area contributed by atoms with E-state index >= 15 is 0 Å². The fraction of sp³-hybridized carbons (Fsp3) is 0.452. The molecule has 17 heteroatoms. The number of carbonyl (C=O) groups is 1. The summed E-state index contributed by atoms with van der Waals surface area (Å²) in [5, 5.41) is 5.28. The van der Waals surface area contributed by atoms with Gasteiger partial charge in [-0.05, 0) is 37.3 Å². The van der Waals surface area contributed by atoms with Gasteiger partial charge in [0.25, 0.3) is 16.0 Å². The molecule has 0 unspecified atom stereocenters. The van der Waals surface area contributed by atoms with Crippen LogP contribution in [0.2, 0.25) is 0 Å². The number of ether oxygens (including phenoxy) is 3. The van der Waals surface area contributed by atoms with E-state index in [9.17, 15) is 26.4 Å². The van der Waals surface area contributed by atoms with E-state index in [-0.39, 0.29) is 35.8 Å². The van der Waals surface area contributed by atoms with Crippen molar-refractivity contribution < 1.29 is 44.8 Å². The van der Waals surface area contributed by atoms with Crippen molar-refractivity contribution in [3.05, 3.63) is 65.4 Å². The normalized spacial score (nSPS) is 14.2. The molecule has 1 aliphatic heterocycles. The third-order valence-corrected chi connectivity index (χ3v) is 8.71. The number of halogens is 3. The second-order valence-corrected chi connectivity index (χ2v) is 12.3. The number of anilines is 3. The molecule has 0 radical (unpaired) electrons. The Morgan fingerprint density at radius 1 is 0.958 bits per heavy atom. The van der Waals surface area contributed by atoms with Crippen LogP contribution < -0.4 is 15.4 Å². The van der Waals surface area contributed by atoms with E-state index in [2.05, 4.69) is 25.5 Å². The van der Waals surface area contributed by atoms with Crippen LogP contribution in [-0.4, -0.2) is 114 Å². The predicted molar refractivity (Wildman–Crippen MR) is 171 cm³/mol. The van der Waals surface area contributed by atoms with Crippen molar-refractivity contribution in [1.82, 2.24) is 19.8 Å². The van der Waals surface area contributed by atoms with Gasteiger partial charge in [-0.3, -0.25) is 13.9 Å². The van der Waals surface area contributed by atoms with E-state index in [1.807, 2.05) is 6.92 Å². The molecular formula is C31H39F3N6O7S. The summed E-state index contributed by atoms with van der Waals surface area (Å²) in [4.78, 5) is 24.9. The molecule has 1 saturated heterocycles. The average molecular weight is 697 g/mol. The van der Waals surface area contributed by atoms with E-state index in [1.165, 1.54) is 26.3 Å². The summed E-state index contributed by atoms with van der Waals surface area (Å²) in [6, 6.07) is 11.2. The van der Waals surface area contributed by atoms with Gasteiger partial charge in [0.15, 0.2) is 0 Å². The lowest BCUT2D eigenvalue weighted by Crippen LogP contribution is -2.49. The van der Waals surface area contributed by atoms with Gasteiger partial charge in [0, 0.05) is 51.5 Å². The summed E-state index contributed by atoms with van der Waals surface area (Å²) in [5.74, 6) is -0.325. The van der Waals surface area contributed by atoms with Crippen LogP contribution in [0.1, 0.15) is 21.5 Å². The lowest BCUT2D eigenvalue weighted by atomic mass is 10.1. The molecule has 13 nitrogen and oxygen atoms in total. The van der Waals surface area contributed by atoms with Crippen molar-refractivity contribution in [1.29, 1.82) is 0 Å². The van der Waals surface area contributed by atoms with Crippen LogP contribution in [0, 0.1) is 6.92 Å². The minimum atomic E-state index is -4.61. The summed E-state index contributed by atoms with van der Waals surface area (Å²) in [5.41, 5.74) is 0.743. The molecule has 1 fully saturated rings. The summed E-state index contributed by atoms with van der Waals surface area (Å²) < 4.78 is 85.3. The zero-order chi connectivity index (χ0) is 34.7. The molecule has 1 aliphatic rings. The lowest BCUT2D eigenvalue weighted by molar-refractivity contribution is -0.137. The summed E-state index contributed by atoms with van der Waals surface area (Å²) in [7, 11) is -1.07. The SMILES string of the molecule is CNc1nc(Nc2ccc(C(=O)N3CCN(CCOCCOCCOS(=O)(=O)c4ccc(C)cc4)CC3)cc2OC)ncc1C(F)(F)F. The minimum absolute atomic E-state index is 0.0749. The van der Waals surface area contributed by atoms with Crippen LogP contribution in [-0.2, 0) is 30.0 Å². The van der Waals surface area contributed by atoms with E-state index in [0.29, 0.717) is 75.7 Å². The van der Waals surface area contributed by atoms with Crippen LogP contribution in [0.5, 0.6) is 5.75 Å². The molecule has 262 valence electrons. The zero-order valence-electron chi connectivity index (χ0n) is 26.9. The number of aryl methyl sites for hydroxylation is 1. The Kier molecular flexibility index (Phi) is 12.9. The van der Waals surface area contributed by atoms with Crippen molar-refractivity contribution in [3.8, 4) is 5.75 Å². The molecule has 2 aromatic carbocycles. The number of methoxy groups -OCH3 is 1. The van der Waals surface area contributed by atoms with E-state index in [4.69, 9.17) is 18.4 Å². The van der Waals surface area contributed by atoms with Gasteiger partial charge in [-0.1, -0.05) is 17.7 Å². The molecule has 0 bridgehead atoms. The molecule has 2 N–H and O–H groups in total. The quantitative estimate of drug-likeness (QED) is 0.166. The van der Waals surface area contributed by atoms with Crippen LogP contribution in [0.25, 0.3) is 0 Å². The Bertz CT molecular complexity index is 1620. The Balaban J connectivity index is 1.14. The Morgan fingerprint density at radius 3 is 2.27 bits per heavy atom. The lowest BCUT2D eigenvalue weighted by Gasteiger charge is -2.34. The maximum atomic E-state index is 13.2. The number of carbonyl (C=O) groups excluding carboxylic acids is 1. The number of hydrogen-bond acceptors (Lipinski definition) is 12. The fourth-order valence-corrected chi connectivity index (χ4v) is 5.63. The number of piperazine rings is 1. The summed E-state index contributed by atoms with van der Waals surface area (Å²) in [6.45, 7) is 6.03. The smallest absolute Gasteiger partial charge is 0.421 e. The van der Waals surface area contributed by atoms with Crippen molar-refractivity contribution in [2.45, 2.75) is 18.0 Å². The first-order valence-electron chi connectivity index (χ1n) is 15.1. The maximum Gasteiger partial charge on any atom is 0.421 e. The standard InChI is InChI=1S/C31H39F3N6O7S/c1-22-4-7-24(8-5-22)48(42,43)47-19-18-46-17-16-45-15-14-39-10-12-40(13-11-39)29(41)23-6-9-26(27(20-23)44-3)37-30-36-21-25(31(32,33)34)28(35-2)38-30/h4-9,20-21H,10-19H2,1-3H3,(H2,35,36,37,38). The molecular weight excluding hydrogens is 657 g/mol. The van der Waals surface area contributed by atoms with Crippen LogP contribution in [0.4, 0.5) is 30.6 Å². The van der Waals surface area contributed by atoms with E-state index in [0.717, 1.165) is 5.56 Å². The summed E-state index contributed by atoms with van der Waals surface area (Å²) in [6.07, 6.45) is -3.92. The second kappa shape index (κ2) is 16.9. The highest BCUT2D eigenvalue weighted by Gasteiger charge is 2.35. The van der Waals surface area contributed by atoms with Gasteiger partial charge in [-0.25, -0.2) is 4.98 Å². The van der Waals surface area contributed by atoms with Crippen molar-refractivity contribution in [2.24, 2.45) is 0 Å². The fourth-order valence-electron chi connectivity index (χ4n) is 4.74. The molecule has 0 spiro atoms. The van der Waals surface area contributed by atoms with Gasteiger partial charge in [-0.15, -0.1) is 0 Å². The van der Waals surface area contributed by atoms with Gasteiger partial charge in [0.05, 0.1) is 50.7 Å². The average Bonchev–Trinajstić information content (AvgIpc) is 3.07. The number of alkyl halides is 3. The number of nitrogens with zero attached hydrogens (tertiary/aromatic N) is 4. The highest BCUT2D eigenvalue weighted by Crippen LogP contribution is 2.35. The Morgan fingerprint density at radius 2 is 1.62 bits per heavy atom. The molecule has 1 aromatic heterocycles. The van der Waals surface area contributed by atoms with Gasteiger partial charge in [0.1, 0.15) is 17.1 Å². The first kappa shape index (κ1) is 36.8. The van der Waals surface area contributed by atoms with Gasteiger partial charge < -0.3 is 29.7 Å². The molecule has 2 heterocycles. The van der Waals surface area contributed by atoms with Crippen LogP contribution >= 0.6 is 0 Å². The molecule has 4 rings (SSSR count). The van der Waals surface area contributed by atoms with Gasteiger partial charge >= 0.3 is 6.18 Å². The molecule has 1 amide bonds. The van der Waals surface area contributed by atoms with Gasteiger partial charge in [-0.2, -0.15) is 26.6 Å². The molecule has 3 aromatic rings. The number of hydrogen-bond donors (Lipinski definition) is 2. The van der Waals surface area contributed by atoms with Crippen molar-refractivity contribution >= 4 is 33.5 Å². The molecule has 0 atom stereocenters. The zero-order valence-corrected chi connectivity index (χ0v) is 27.7. The number of nitrogens with one attached hydrogen (secondary N) is 2. The number of benzene rings is 2. The highest BCUT2D eigenvalue weighted by atomic mass is 32.2. The summed E-state index contributed by atoms with van der Waals surface area (Å²) >= 11 is 0. The van der Waals surface area contributed by atoms with Gasteiger partial charge in [0.2, 0.25) is 5.95 Å². The van der Waals surface area contributed by atoms with Crippen molar-refractivity contribution in [2.75, 3.05) is 90.5 Å². The van der Waals surface area contributed by atoms with Crippen LogP contribution in [0.3, 0.4) is 0 Å². The highest BCUT2D eigenvalue weighted by molar-refractivity contribution is 7.86. The van der Waals surface area contributed by atoms with E-state index < -0.39 is 21.9 Å². The Hall–Kier alpha value is -4.03. The van der Waals surface area contributed by atoms with E-state index in [1.54, 1.807) is 35.2 Å². The second-order valence-electron chi connectivity index (χ2n) is 10.7. The third-order valence-electron chi connectivity index (χ3n) is 7.39. The first-order chi connectivity index (χ1) is 22.9. The number of rotatable bonds is 16. The first-order valence-corrected chi connectivity index (χ1v) is 16.5. The molecule has 0 aliphatic carbocycles. The number of amides is 1. The van der Waals surface area contributed by atoms with Crippen LogP contribution in [0.15, 0.2) is 53.6 Å². The minimum Gasteiger partial charge on any atom is -0.495 e. The monoisotopic (exact) mass is 696 g/mol. The number of aromatic nitrogens is 2. The molecule has 48 heavy (non-hydrogen) atoms.